The molecule has 0 aliphatic carbocycles. The van der Waals surface area contributed by atoms with Crippen molar-refractivity contribution in [3.8, 4) is 0 Å². The van der Waals surface area contributed by atoms with Crippen LogP contribution in [0.4, 0.5) is 0 Å². The number of nitrogens with two attached hydrogens (primary N) is 1. The normalized spacial score (nSPS) is 14.2. The predicted octanol–water partition coefficient (Wildman–Crippen LogP) is 4.04. The third kappa shape index (κ3) is 8.10. The summed E-state index contributed by atoms with van der Waals surface area (Å²) >= 11 is 0. The summed E-state index contributed by atoms with van der Waals surface area (Å²) in [4.78, 5) is 2.64. The number of hydrogen-bond donors (Lipinski definition) is 1. The maximum absolute atomic E-state index is 5.86. The Balaban J connectivity index is 4.13. The highest BCUT2D eigenvalue weighted by Crippen LogP contribution is 2.19. The average molecular weight is 256 g/mol. The molecule has 0 aliphatic rings. The Bertz CT molecular complexity index is 190. The first kappa shape index (κ1) is 17.9. The Morgan fingerprint density at radius 3 is 2.22 bits per heavy atom. The van der Waals surface area contributed by atoms with Gasteiger partial charge in [0.1, 0.15) is 0 Å². The van der Waals surface area contributed by atoms with Crippen LogP contribution in [0.2, 0.25) is 0 Å². The van der Waals surface area contributed by atoms with Crippen molar-refractivity contribution in [3.05, 3.63) is 0 Å². The SMILES string of the molecule is CCCCCCC(C)N(CCC)CC(C)(C)CN. The lowest BCUT2D eigenvalue weighted by Crippen LogP contribution is -2.43. The summed E-state index contributed by atoms with van der Waals surface area (Å²) in [6.07, 6.45) is 8.04. The Kier molecular flexibility index (Phi) is 9.76. The summed E-state index contributed by atoms with van der Waals surface area (Å²) in [7, 11) is 0. The van der Waals surface area contributed by atoms with Crippen LogP contribution in [0, 0.1) is 5.41 Å². The van der Waals surface area contributed by atoms with E-state index in [0.717, 1.165) is 13.1 Å². The second kappa shape index (κ2) is 9.80. The minimum atomic E-state index is 0.243. The lowest BCUT2D eigenvalue weighted by atomic mass is 9.92. The van der Waals surface area contributed by atoms with E-state index in [1.54, 1.807) is 0 Å². The van der Waals surface area contributed by atoms with Crippen LogP contribution < -0.4 is 5.73 Å². The molecule has 0 radical (unpaired) electrons. The lowest BCUT2D eigenvalue weighted by molar-refractivity contribution is 0.133. The largest absolute Gasteiger partial charge is 0.330 e. The molecule has 1 atom stereocenters. The molecule has 2 heteroatoms. The van der Waals surface area contributed by atoms with Crippen molar-refractivity contribution >= 4 is 0 Å². The minimum Gasteiger partial charge on any atom is -0.330 e. The maximum atomic E-state index is 5.86. The number of rotatable bonds is 11. The third-order valence-corrected chi connectivity index (χ3v) is 3.79. The standard InChI is InChI=1S/C16H36N2/c1-6-8-9-10-11-15(3)18(12-7-2)14-16(4,5)13-17/h15H,6-14,17H2,1-5H3. The Labute approximate surface area is 115 Å². The Morgan fingerprint density at radius 2 is 1.72 bits per heavy atom. The van der Waals surface area contributed by atoms with Crippen molar-refractivity contribution in [1.82, 2.24) is 4.90 Å². The summed E-state index contributed by atoms with van der Waals surface area (Å²) < 4.78 is 0. The zero-order valence-electron chi connectivity index (χ0n) is 13.5. The van der Waals surface area contributed by atoms with E-state index >= 15 is 0 Å². The van der Waals surface area contributed by atoms with Gasteiger partial charge in [0.05, 0.1) is 0 Å². The molecule has 0 fully saturated rings. The molecule has 0 saturated heterocycles. The van der Waals surface area contributed by atoms with Crippen LogP contribution in [0.25, 0.3) is 0 Å². The monoisotopic (exact) mass is 256 g/mol. The van der Waals surface area contributed by atoms with E-state index in [0.29, 0.717) is 6.04 Å². The molecule has 110 valence electrons. The topological polar surface area (TPSA) is 29.3 Å². The maximum Gasteiger partial charge on any atom is 0.00671 e. The first-order chi connectivity index (χ1) is 8.46. The lowest BCUT2D eigenvalue weighted by Gasteiger charge is -2.36. The van der Waals surface area contributed by atoms with E-state index in [1.165, 1.54) is 45.1 Å². The Hall–Kier alpha value is -0.0800. The summed E-state index contributed by atoms with van der Waals surface area (Å²) in [5.74, 6) is 0. The van der Waals surface area contributed by atoms with Gasteiger partial charge < -0.3 is 10.6 Å². The van der Waals surface area contributed by atoms with Crippen molar-refractivity contribution in [2.75, 3.05) is 19.6 Å². The summed E-state index contributed by atoms with van der Waals surface area (Å²) in [6.45, 7) is 14.6. The summed E-state index contributed by atoms with van der Waals surface area (Å²) in [5, 5.41) is 0. The molecular formula is C16H36N2. The molecule has 0 aromatic heterocycles. The number of nitrogens with zero attached hydrogens (tertiary/aromatic N) is 1. The van der Waals surface area contributed by atoms with Crippen molar-refractivity contribution in [2.24, 2.45) is 11.1 Å². The quantitative estimate of drug-likeness (QED) is 0.565. The molecule has 0 heterocycles. The fraction of sp³-hybridized carbons (Fsp3) is 1.00. The molecule has 0 amide bonds. The number of unbranched alkanes of at least 4 members (excludes halogenated alkanes) is 3. The summed E-state index contributed by atoms with van der Waals surface area (Å²) in [5.41, 5.74) is 6.11. The van der Waals surface area contributed by atoms with Gasteiger partial charge in [-0.15, -0.1) is 0 Å². The molecule has 2 N–H and O–H groups in total. The molecule has 0 aliphatic heterocycles. The van der Waals surface area contributed by atoms with Crippen LogP contribution in [0.3, 0.4) is 0 Å². The van der Waals surface area contributed by atoms with Gasteiger partial charge in [-0.05, 0) is 38.3 Å². The highest BCUT2D eigenvalue weighted by atomic mass is 15.2. The molecule has 2 nitrogen and oxygen atoms in total. The zero-order chi connectivity index (χ0) is 14.0. The van der Waals surface area contributed by atoms with E-state index in [1.807, 2.05) is 0 Å². The highest BCUT2D eigenvalue weighted by Gasteiger charge is 2.22. The van der Waals surface area contributed by atoms with Gasteiger partial charge in [0.2, 0.25) is 0 Å². The van der Waals surface area contributed by atoms with Crippen LogP contribution in [0.1, 0.15) is 73.1 Å². The van der Waals surface area contributed by atoms with Crippen LogP contribution >= 0.6 is 0 Å². The van der Waals surface area contributed by atoms with Gasteiger partial charge in [0.15, 0.2) is 0 Å². The molecular weight excluding hydrogens is 220 g/mol. The molecule has 0 aromatic rings. The fourth-order valence-corrected chi connectivity index (χ4v) is 2.41. The zero-order valence-corrected chi connectivity index (χ0v) is 13.5. The third-order valence-electron chi connectivity index (χ3n) is 3.79. The van der Waals surface area contributed by atoms with Crippen molar-refractivity contribution in [2.45, 2.75) is 79.2 Å². The van der Waals surface area contributed by atoms with Gasteiger partial charge in [0, 0.05) is 12.6 Å². The molecule has 1 unspecified atom stereocenters. The van der Waals surface area contributed by atoms with Gasteiger partial charge in [-0.25, -0.2) is 0 Å². The van der Waals surface area contributed by atoms with Crippen molar-refractivity contribution < 1.29 is 0 Å². The first-order valence-electron chi connectivity index (χ1n) is 7.91. The van der Waals surface area contributed by atoms with E-state index in [2.05, 4.69) is 39.5 Å². The number of hydrogen-bond acceptors (Lipinski definition) is 2. The van der Waals surface area contributed by atoms with E-state index in [-0.39, 0.29) is 5.41 Å². The first-order valence-corrected chi connectivity index (χ1v) is 7.91. The average Bonchev–Trinajstić information content (AvgIpc) is 2.33. The second-order valence-corrected chi connectivity index (χ2v) is 6.54. The van der Waals surface area contributed by atoms with Gasteiger partial charge in [0.25, 0.3) is 0 Å². The van der Waals surface area contributed by atoms with Gasteiger partial charge >= 0.3 is 0 Å². The van der Waals surface area contributed by atoms with E-state index < -0.39 is 0 Å². The minimum absolute atomic E-state index is 0.243. The molecule has 0 bridgehead atoms. The predicted molar refractivity (Wildman–Crippen MR) is 82.9 cm³/mol. The van der Waals surface area contributed by atoms with Gasteiger partial charge in [-0.1, -0.05) is 53.4 Å². The Morgan fingerprint density at radius 1 is 1.06 bits per heavy atom. The van der Waals surface area contributed by atoms with E-state index in [9.17, 15) is 0 Å². The highest BCUT2D eigenvalue weighted by molar-refractivity contribution is 4.78. The fourth-order valence-electron chi connectivity index (χ4n) is 2.41. The van der Waals surface area contributed by atoms with Crippen LogP contribution in [0.5, 0.6) is 0 Å². The molecule has 0 aromatic carbocycles. The van der Waals surface area contributed by atoms with Gasteiger partial charge in [-0.2, -0.15) is 0 Å². The summed E-state index contributed by atoms with van der Waals surface area (Å²) in [6, 6.07) is 0.702. The van der Waals surface area contributed by atoms with Crippen LogP contribution in [-0.4, -0.2) is 30.6 Å². The van der Waals surface area contributed by atoms with Crippen LogP contribution in [0.15, 0.2) is 0 Å². The molecule has 0 rings (SSSR count). The van der Waals surface area contributed by atoms with Crippen LogP contribution in [-0.2, 0) is 0 Å². The molecule has 18 heavy (non-hydrogen) atoms. The molecule has 0 spiro atoms. The van der Waals surface area contributed by atoms with Crippen molar-refractivity contribution in [1.29, 1.82) is 0 Å². The van der Waals surface area contributed by atoms with Crippen molar-refractivity contribution in [3.63, 3.8) is 0 Å². The van der Waals surface area contributed by atoms with Gasteiger partial charge in [-0.3, -0.25) is 0 Å². The molecule has 0 saturated carbocycles. The van der Waals surface area contributed by atoms with E-state index in [4.69, 9.17) is 5.73 Å². The second-order valence-electron chi connectivity index (χ2n) is 6.54. The smallest absolute Gasteiger partial charge is 0.00671 e.